The van der Waals surface area contributed by atoms with Gasteiger partial charge in [0.1, 0.15) is 0 Å². The number of rotatable bonds is 7. The highest BCUT2D eigenvalue weighted by molar-refractivity contribution is 9.09. The zero-order valence-corrected chi connectivity index (χ0v) is 10.6. The Labute approximate surface area is 94.4 Å². The van der Waals surface area contributed by atoms with Gasteiger partial charge in [-0.2, -0.15) is 0 Å². The molecule has 4 heteroatoms. The van der Waals surface area contributed by atoms with Crippen LogP contribution in [0.4, 0.5) is 0 Å². The summed E-state index contributed by atoms with van der Waals surface area (Å²) in [7, 11) is 0. The Morgan fingerprint density at radius 3 is 2.57 bits per heavy atom. The van der Waals surface area contributed by atoms with Crippen molar-refractivity contribution in [2.75, 3.05) is 18.5 Å². The molecule has 0 heterocycles. The second kappa shape index (κ2) is 7.23. The molecular formula is C10H20BrNO2. The Morgan fingerprint density at radius 2 is 2.07 bits per heavy atom. The fourth-order valence-corrected chi connectivity index (χ4v) is 1.26. The molecule has 0 aromatic rings. The molecule has 2 N–H and O–H groups in total. The van der Waals surface area contributed by atoms with Crippen molar-refractivity contribution < 1.29 is 9.90 Å². The van der Waals surface area contributed by atoms with E-state index in [4.69, 9.17) is 5.11 Å². The molecule has 3 nitrogen and oxygen atoms in total. The monoisotopic (exact) mass is 265 g/mol. The van der Waals surface area contributed by atoms with Crippen molar-refractivity contribution >= 4 is 21.8 Å². The summed E-state index contributed by atoms with van der Waals surface area (Å²) in [6.45, 7) is 4.48. The van der Waals surface area contributed by atoms with Gasteiger partial charge in [-0.1, -0.05) is 29.8 Å². The third-order valence-electron chi connectivity index (χ3n) is 1.98. The number of unbranched alkanes of at least 4 members (excludes halogenated alkanes) is 1. The van der Waals surface area contributed by atoms with Gasteiger partial charge in [0, 0.05) is 30.3 Å². The highest BCUT2D eigenvalue weighted by atomic mass is 79.9. The number of aliphatic hydroxyl groups is 1. The summed E-state index contributed by atoms with van der Waals surface area (Å²) in [5, 5.41) is 12.7. The summed E-state index contributed by atoms with van der Waals surface area (Å²) in [5.41, 5.74) is -0.217. The third-order valence-corrected chi connectivity index (χ3v) is 2.54. The molecule has 1 amide bonds. The Bertz CT molecular complexity index is 172. The van der Waals surface area contributed by atoms with E-state index in [9.17, 15) is 4.79 Å². The molecule has 0 aromatic heterocycles. The average Bonchev–Trinajstić information content (AvgIpc) is 2.16. The number of hydrogen-bond acceptors (Lipinski definition) is 2. The molecule has 0 saturated heterocycles. The standard InChI is InChI=1S/C10H20BrNO2/c1-10(2,8-13)7-12-9(14)5-3-4-6-11/h13H,3-8H2,1-2H3,(H,12,14). The number of aliphatic hydroxyl groups excluding tert-OH is 1. The average molecular weight is 266 g/mol. The number of nitrogens with one attached hydrogen (secondary N) is 1. The van der Waals surface area contributed by atoms with Crippen LogP contribution < -0.4 is 5.32 Å². The SMILES string of the molecule is CC(C)(CO)CNC(=O)CCCCBr. The van der Waals surface area contributed by atoms with Crippen molar-refractivity contribution in [3.8, 4) is 0 Å². The van der Waals surface area contributed by atoms with Crippen molar-refractivity contribution in [3.05, 3.63) is 0 Å². The summed E-state index contributed by atoms with van der Waals surface area (Å²) in [4.78, 5) is 11.3. The van der Waals surface area contributed by atoms with Gasteiger partial charge in [-0.05, 0) is 12.8 Å². The van der Waals surface area contributed by atoms with Crippen molar-refractivity contribution in [3.63, 3.8) is 0 Å². The van der Waals surface area contributed by atoms with Crippen LogP contribution in [0.25, 0.3) is 0 Å². The van der Waals surface area contributed by atoms with Crippen LogP contribution in [0.2, 0.25) is 0 Å². The number of amides is 1. The maximum absolute atomic E-state index is 11.3. The number of alkyl halides is 1. The second-order valence-corrected chi connectivity index (χ2v) is 5.04. The van der Waals surface area contributed by atoms with Gasteiger partial charge in [-0.3, -0.25) is 4.79 Å². The van der Waals surface area contributed by atoms with E-state index < -0.39 is 0 Å². The lowest BCUT2D eigenvalue weighted by Crippen LogP contribution is -2.35. The van der Waals surface area contributed by atoms with E-state index in [2.05, 4.69) is 21.2 Å². The topological polar surface area (TPSA) is 49.3 Å². The maximum atomic E-state index is 11.3. The Balaban J connectivity index is 3.53. The predicted molar refractivity (Wildman–Crippen MR) is 61.5 cm³/mol. The van der Waals surface area contributed by atoms with Crippen LogP contribution >= 0.6 is 15.9 Å². The van der Waals surface area contributed by atoms with E-state index in [0.717, 1.165) is 18.2 Å². The van der Waals surface area contributed by atoms with E-state index in [0.29, 0.717) is 13.0 Å². The van der Waals surface area contributed by atoms with Crippen LogP contribution in [-0.4, -0.2) is 29.5 Å². The highest BCUT2D eigenvalue weighted by Crippen LogP contribution is 2.11. The summed E-state index contributed by atoms with van der Waals surface area (Å²) >= 11 is 3.32. The van der Waals surface area contributed by atoms with Crippen LogP contribution in [0, 0.1) is 5.41 Å². The lowest BCUT2D eigenvalue weighted by atomic mass is 9.95. The van der Waals surface area contributed by atoms with Crippen molar-refractivity contribution in [2.24, 2.45) is 5.41 Å². The smallest absolute Gasteiger partial charge is 0.220 e. The largest absolute Gasteiger partial charge is 0.396 e. The molecule has 0 aliphatic carbocycles. The summed E-state index contributed by atoms with van der Waals surface area (Å²) < 4.78 is 0. The zero-order valence-electron chi connectivity index (χ0n) is 8.98. The first kappa shape index (κ1) is 13.9. The summed E-state index contributed by atoms with van der Waals surface area (Å²) in [6, 6.07) is 0. The Morgan fingerprint density at radius 1 is 1.43 bits per heavy atom. The lowest BCUT2D eigenvalue weighted by molar-refractivity contribution is -0.121. The van der Waals surface area contributed by atoms with E-state index in [1.54, 1.807) is 0 Å². The van der Waals surface area contributed by atoms with Crippen LogP contribution in [0.5, 0.6) is 0 Å². The van der Waals surface area contributed by atoms with Gasteiger partial charge in [0.25, 0.3) is 0 Å². The molecular weight excluding hydrogens is 246 g/mol. The van der Waals surface area contributed by atoms with Crippen molar-refractivity contribution in [1.29, 1.82) is 0 Å². The van der Waals surface area contributed by atoms with Gasteiger partial charge in [-0.25, -0.2) is 0 Å². The molecule has 0 saturated carbocycles. The first-order chi connectivity index (χ1) is 6.52. The molecule has 0 aliphatic rings. The van der Waals surface area contributed by atoms with Gasteiger partial charge >= 0.3 is 0 Å². The van der Waals surface area contributed by atoms with Crippen LogP contribution in [0.3, 0.4) is 0 Å². The number of halogens is 1. The molecule has 84 valence electrons. The van der Waals surface area contributed by atoms with Gasteiger partial charge in [-0.15, -0.1) is 0 Å². The highest BCUT2D eigenvalue weighted by Gasteiger charge is 2.16. The van der Waals surface area contributed by atoms with Crippen LogP contribution in [0.1, 0.15) is 33.1 Å². The Kier molecular flexibility index (Phi) is 7.19. The third kappa shape index (κ3) is 7.33. The fourth-order valence-electron chi connectivity index (χ4n) is 0.862. The minimum Gasteiger partial charge on any atom is -0.396 e. The number of carbonyl (C=O) groups is 1. The molecule has 0 radical (unpaired) electrons. The van der Waals surface area contributed by atoms with Crippen molar-refractivity contribution in [1.82, 2.24) is 5.32 Å². The maximum Gasteiger partial charge on any atom is 0.220 e. The van der Waals surface area contributed by atoms with Crippen LogP contribution in [0.15, 0.2) is 0 Å². The molecule has 0 atom stereocenters. The minimum atomic E-state index is -0.217. The Hall–Kier alpha value is -0.0900. The molecule has 0 aromatic carbocycles. The summed E-state index contributed by atoms with van der Waals surface area (Å²) in [5.74, 6) is 0.0764. The van der Waals surface area contributed by atoms with Gasteiger partial charge < -0.3 is 10.4 Å². The molecule has 0 spiro atoms. The van der Waals surface area contributed by atoms with Gasteiger partial charge in [0.15, 0.2) is 0 Å². The second-order valence-electron chi connectivity index (χ2n) is 4.25. The fraction of sp³-hybridized carbons (Fsp3) is 0.900. The van der Waals surface area contributed by atoms with Crippen molar-refractivity contribution in [2.45, 2.75) is 33.1 Å². The molecule has 0 unspecified atom stereocenters. The minimum absolute atomic E-state index is 0.0764. The molecule has 0 bridgehead atoms. The van der Waals surface area contributed by atoms with E-state index >= 15 is 0 Å². The first-order valence-corrected chi connectivity index (χ1v) is 6.07. The molecule has 0 rings (SSSR count). The number of carbonyl (C=O) groups excluding carboxylic acids is 1. The zero-order chi connectivity index (χ0) is 11.0. The summed E-state index contributed by atoms with van der Waals surface area (Å²) in [6.07, 6.45) is 2.51. The quantitative estimate of drug-likeness (QED) is 0.544. The molecule has 0 fully saturated rings. The van der Waals surface area contributed by atoms with Gasteiger partial charge in [0.2, 0.25) is 5.91 Å². The predicted octanol–water partition coefficient (Wildman–Crippen LogP) is 1.69. The van der Waals surface area contributed by atoms with E-state index in [-0.39, 0.29) is 17.9 Å². The first-order valence-electron chi connectivity index (χ1n) is 4.95. The normalized spacial score (nSPS) is 11.4. The molecule has 14 heavy (non-hydrogen) atoms. The van der Waals surface area contributed by atoms with Crippen LogP contribution in [-0.2, 0) is 4.79 Å². The van der Waals surface area contributed by atoms with E-state index in [1.165, 1.54) is 0 Å². The number of hydrogen-bond donors (Lipinski definition) is 2. The molecule has 0 aliphatic heterocycles. The lowest BCUT2D eigenvalue weighted by Gasteiger charge is -2.21. The van der Waals surface area contributed by atoms with Gasteiger partial charge in [0.05, 0.1) is 0 Å². The van der Waals surface area contributed by atoms with E-state index in [1.807, 2.05) is 13.8 Å².